The molecule has 1 saturated heterocycles. The third-order valence-corrected chi connectivity index (χ3v) is 3.69. The summed E-state index contributed by atoms with van der Waals surface area (Å²) in [6.45, 7) is 4.92. The van der Waals surface area contributed by atoms with Gasteiger partial charge in [-0.25, -0.2) is 14.0 Å². The molecule has 1 fully saturated rings. The lowest BCUT2D eigenvalue weighted by atomic mass is 10.1. The number of hydrogen-bond donors (Lipinski definition) is 3. The Labute approximate surface area is 143 Å². The number of halogens is 1. The summed E-state index contributed by atoms with van der Waals surface area (Å²) in [6, 6.07) is 5.74. The molecule has 0 amide bonds. The van der Waals surface area contributed by atoms with Gasteiger partial charge in [-0.1, -0.05) is 0 Å². The number of anilines is 1. The van der Waals surface area contributed by atoms with E-state index in [0.29, 0.717) is 23.8 Å². The number of nitrogens with one attached hydrogen (secondary N) is 1. The summed E-state index contributed by atoms with van der Waals surface area (Å²) in [5, 5.41) is 19.8. The maximum atomic E-state index is 13.8. The third kappa shape index (κ3) is 5.05. The highest BCUT2D eigenvalue weighted by atomic mass is 19.1. The van der Waals surface area contributed by atoms with Crippen molar-refractivity contribution in [3.05, 3.63) is 42.4 Å². The molecule has 1 aliphatic rings. The summed E-state index contributed by atoms with van der Waals surface area (Å²) < 4.78 is 18.9. The quantitative estimate of drug-likeness (QED) is 0.728. The molecule has 0 spiro atoms. The fourth-order valence-corrected chi connectivity index (χ4v) is 2.56. The van der Waals surface area contributed by atoms with Crippen molar-refractivity contribution in [2.75, 3.05) is 24.5 Å². The predicted molar refractivity (Wildman–Crippen MR) is 90.3 cm³/mol. The molecule has 3 rings (SSSR count). The van der Waals surface area contributed by atoms with E-state index in [1.807, 2.05) is 6.07 Å². The van der Waals surface area contributed by atoms with Gasteiger partial charge >= 0.3 is 11.9 Å². The third-order valence-electron chi connectivity index (χ3n) is 3.69. The van der Waals surface area contributed by atoms with Gasteiger partial charge in [0.25, 0.3) is 0 Å². The Bertz CT molecular complexity index is 770. The molecule has 0 aliphatic carbocycles. The normalized spacial score (nSPS) is 17.4. The van der Waals surface area contributed by atoms with Gasteiger partial charge < -0.3 is 24.8 Å². The number of piperazine rings is 1. The van der Waals surface area contributed by atoms with Crippen LogP contribution in [0.25, 0.3) is 11.0 Å². The van der Waals surface area contributed by atoms with E-state index in [4.69, 9.17) is 14.6 Å². The Morgan fingerprint density at radius 3 is 2.60 bits per heavy atom. The van der Waals surface area contributed by atoms with Gasteiger partial charge in [0.15, 0.2) is 11.4 Å². The fourth-order valence-electron chi connectivity index (χ4n) is 2.56. The molecular weight excluding hydrogens is 331 g/mol. The van der Waals surface area contributed by atoms with Gasteiger partial charge in [0.1, 0.15) is 0 Å². The van der Waals surface area contributed by atoms with E-state index >= 15 is 0 Å². The Kier molecular flexibility index (Phi) is 6.13. The summed E-state index contributed by atoms with van der Waals surface area (Å²) in [6.07, 6.45) is 2.64. The van der Waals surface area contributed by atoms with Crippen LogP contribution in [0.1, 0.15) is 6.92 Å². The number of carbonyl (C=O) groups is 2. The van der Waals surface area contributed by atoms with Crippen LogP contribution in [0.4, 0.5) is 10.1 Å². The van der Waals surface area contributed by atoms with E-state index in [1.54, 1.807) is 12.1 Å². The Balaban J connectivity index is 0.000000242. The zero-order chi connectivity index (χ0) is 18.4. The molecule has 0 saturated carbocycles. The highest BCUT2D eigenvalue weighted by Gasteiger charge is 2.20. The van der Waals surface area contributed by atoms with E-state index in [2.05, 4.69) is 17.1 Å². The van der Waals surface area contributed by atoms with Crippen molar-refractivity contribution >= 4 is 28.6 Å². The number of rotatable bonds is 3. The van der Waals surface area contributed by atoms with Gasteiger partial charge in [0.2, 0.25) is 0 Å². The Morgan fingerprint density at radius 2 is 2.00 bits per heavy atom. The molecule has 1 aliphatic heterocycles. The van der Waals surface area contributed by atoms with Crippen molar-refractivity contribution in [1.29, 1.82) is 0 Å². The van der Waals surface area contributed by atoms with Crippen molar-refractivity contribution in [3.8, 4) is 0 Å². The number of nitrogens with zero attached hydrogens (tertiary/aromatic N) is 1. The fraction of sp³-hybridized carbons (Fsp3) is 0.294. The van der Waals surface area contributed by atoms with Gasteiger partial charge in [-0.05, 0) is 19.1 Å². The molecule has 1 aromatic carbocycles. The number of furan rings is 1. The number of fused-ring (bicyclic) bond motifs is 1. The molecule has 2 heterocycles. The van der Waals surface area contributed by atoms with Gasteiger partial charge in [0, 0.05) is 55.0 Å². The molecule has 7 nitrogen and oxygen atoms in total. The van der Waals surface area contributed by atoms with E-state index in [-0.39, 0.29) is 5.82 Å². The lowest BCUT2D eigenvalue weighted by Crippen LogP contribution is -2.49. The standard InChI is InChI=1S/C13H15FN2O.C4H4O4/c1-9-8-15-3-4-16(9)11-6-10-2-5-17-13(10)12(14)7-11;5-3(6)1-2-4(7)8/h2,5-7,9,15H,3-4,8H2,1H3;1-2H,(H,5,6)(H,7,8)/t9-;/m1./s1. The minimum Gasteiger partial charge on any atom is -0.478 e. The van der Waals surface area contributed by atoms with Crippen LogP contribution < -0.4 is 10.2 Å². The monoisotopic (exact) mass is 350 g/mol. The largest absolute Gasteiger partial charge is 0.478 e. The Hall–Kier alpha value is -2.87. The maximum Gasteiger partial charge on any atom is 0.328 e. The summed E-state index contributed by atoms with van der Waals surface area (Å²) in [5.41, 5.74) is 1.28. The van der Waals surface area contributed by atoms with E-state index in [1.165, 1.54) is 6.26 Å². The molecular formula is C17H19FN2O5. The van der Waals surface area contributed by atoms with Crippen molar-refractivity contribution < 1.29 is 28.6 Å². The molecule has 0 bridgehead atoms. The summed E-state index contributed by atoms with van der Waals surface area (Å²) >= 11 is 0. The lowest BCUT2D eigenvalue weighted by Gasteiger charge is -2.35. The van der Waals surface area contributed by atoms with Crippen molar-refractivity contribution in [1.82, 2.24) is 5.32 Å². The van der Waals surface area contributed by atoms with Gasteiger partial charge in [-0.15, -0.1) is 0 Å². The second-order valence-electron chi connectivity index (χ2n) is 5.52. The second kappa shape index (κ2) is 8.29. The first-order valence-electron chi connectivity index (χ1n) is 7.66. The van der Waals surface area contributed by atoms with Crippen LogP contribution in [-0.2, 0) is 9.59 Å². The summed E-state index contributed by atoms with van der Waals surface area (Å²) in [4.78, 5) is 21.3. The van der Waals surface area contributed by atoms with Crippen LogP contribution >= 0.6 is 0 Å². The molecule has 3 N–H and O–H groups in total. The number of carboxylic acids is 2. The molecule has 8 heteroatoms. The van der Waals surface area contributed by atoms with Crippen LogP contribution in [0, 0.1) is 5.82 Å². The lowest BCUT2D eigenvalue weighted by molar-refractivity contribution is -0.134. The highest BCUT2D eigenvalue weighted by Crippen LogP contribution is 2.27. The van der Waals surface area contributed by atoms with E-state index in [9.17, 15) is 14.0 Å². The van der Waals surface area contributed by atoms with Crippen LogP contribution in [0.2, 0.25) is 0 Å². The SMILES string of the molecule is C[C@@H]1CNCCN1c1cc(F)c2occc2c1.O=C(O)C=CC(=O)O. The molecule has 134 valence electrons. The number of aliphatic carboxylic acids is 2. The average molecular weight is 350 g/mol. The zero-order valence-electron chi connectivity index (χ0n) is 13.6. The van der Waals surface area contributed by atoms with Crippen molar-refractivity contribution in [3.63, 3.8) is 0 Å². The van der Waals surface area contributed by atoms with Crippen LogP contribution in [0.3, 0.4) is 0 Å². The van der Waals surface area contributed by atoms with Crippen molar-refractivity contribution in [2.24, 2.45) is 0 Å². The Morgan fingerprint density at radius 1 is 1.32 bits per heavy atom. The molecule has 1 atom stereocenters. The smallest absolute Gasteiger partial charge is 0.328 e. The van der Waals surface area contributed by atoms with Crippen molar-refractivity contribution in [2.45, 2.75) is 13.0 Å². The first-order valence-corrected chi connectivity index (χ1v) is 7.66. The topological polar surface area (TPSA) is 103 Å². The average Bonchev–Trinajstić information content (AvgIpc) is 3.03. The number of benzene rings is 1. The van der Waals surface area contributed by atoms with E-state index < -0.39 is 11.9 Å². The molecule has 0 radical (unpaired) electrons. The summed E-state index contributed by atoms with van der Waals surface area (Å²) in [5.74, 6) is -2.80. The predicted octanol–water partition coefficient (Wildman–Crippen LogP) is 2.08. The van der Waals surface area contributed by atoms with Gasteiger partial charge in [-0.2, -0.15) is 0 Å². The van der Waals surface area contributed by atoms with Gasteiger partial charge in [-0.3, -0.25) is 0 Å². The van der Waals surface area contributed by atoms with E-state index in [0.717, 1.165) is 30.7 Å². The maximum absolute atomic E-state index is 13.8. The van der Waals surface area contributed by atoms with Crippen LogP contribution in [-0.4, -0.2) is 47.8 Å². The van der Waals surface area contributed by atoms with Crippen LogP contribution in [0.15, 0.2) is 41.0 Å². The molecule has 2 aromatic rings. The number of hydrogen-bond acceptors (Lipinski definition) is 5. The van der Waals surface area contributed by atoms with Gasteiger partial charge in [0.05, 0.1) is 6.26 Å². The minimum atomic E-state index is -1.26. The first-order chi connectivity index (χ1) is 11.9. The van der Waals surface area contributed by atoms with Crippen LogP contribution in [0.5, 0.6) is 0 Å². The highest BCUT2D eigenvalue weighted by molar-refractivity contribution is 5.89. The second-order valence-corrected chi connectivity index (χ2v) is 5.52. The zero-order valence-corrected chi connectivity index (χ0v) is 13.6. The molecule has 25 heavy (non-hydrogen) atoms. The minimum absolute atomic E-state index is 0.284. The summed E-state index contributed by atoms with van der Waals surface area (Å²) in [7, 11) is 0. The number of carboxylic acid groups (broad SMARTS) is 2. The molecule has 0 unspecified atom stereocenters. The first kappa shape index (κ1) is 18.5. The molecule has 1 aromatic heterocycles.